The molecule has 16 heavy (non-hydrogen) atoms. The highest BCUT2D eigenvalue weighted by atomic mass is 16.5. The van der Waals surface area contributed by atoms with Gasteiger partial charge in [-0.05, 0) is 19.8 Å². The standard InChI is InChI=1S/C11H20N4O/c1-2-15-7-10(6-13-15)11(14-12)9-4-3-5-16-8-9/h6-7,9,11,14H,2-5,8,12H2,1H3. The Kier molecular flexibility index (Phi) is 3.93. The smallest absolute Gasteiger partial charge is 0.0541 e. The van der Waals surface area contributed by atoms with Gasteiger partial charge in [-0.3, -0.25) is 16.0 Å². The van der Waals surface area contributed by atoms with E-state index in [0.717, 1.165) is 38.2 Å². The van der Waals surface area contributed by atoms with Crippen LogP contribution in [-0.4, -0.2) is 23.0 Å². The lowest BCUT2D eigenvalue weighted by Gasteiger charge is -2.29. The molecule has 2 rings (SSSR count). The van der Waals surface area contributed by atoms with Gasteiger partial charge in [-0.2, -0.15) is 5.10 Å². The predicted molar refractivity (Wildman–Crippen MR) is 61.5 cm³/mol. The van der Waals surface area contributed by atoms with Crippen LogP contribution in [0.15, 0.2) is 12.4 Å². The van der Waals surface area contributed by atoms with Crippen LogP contribution in [0.4, 0.5) is 0 Å². The van der Waals surface area contributed by atoms with Crippen molar-refractivity contribution in [2.24, 2.45) is 11.8 Å². The first-order valence-corrected chi connectivity index (χ1v) is 5.91. The van der Waals surface area contributed by atoms with Crippen molar-refractivity contribution in [2.75, 3.05) is 13.2 Å². The zero-order valence-electron chi connectivity index (χ0n) is 9.72. The summed E-state index contributed by atoms with van der Waals surface area (Å²) in [6, 6.07) is 0.153. The van der Waals surface area contributed by atoms with Crippen LogP contribution in [0.1, 0.15) is 31.4 Å². The van der Waals surface area contributed by atoms with Gasteiger partial charge in [0.2, 0.25) is 0 Å². The van der Waals surface area contributed by atoms with E-state index in [9.17, 15) is 0 Å². The number of hydrogen-bond donors (Lipinski definition) is 2. The molecule has 1 aromatic heterocycles. The minimum Gasteiger partial charge on any atom is -0.381 e. The summed E-state index contributed by atoms with van der Waals surface area (Å²) >= 11 is 0. The summed E-state index contributed by atoms with van der Waals surface area (Å²) in [7, 11) is 0. The van der Waals surface area contributed by atoms with Gasteiger partial charge in [-0.1, -0.05) is 0 Å². The number of hydrogen-bond acceptors (Lipinski definition) is 4. The molecule has 1 saturated heterocycles. The Labute approximate surface area is 95.9 Å². The molecule has 0 radical (unpaired) electrons. The Bertz CT molecular complexity index is 320. The van der Waals surface area contributed by atoms with Gasteiger partial charge < -0.3 is 4.74 Å². The van der Waals surface area contributed by atoms with E-state index >= 15 is 0 Å². The maximum atomic E-state index is 5.64. The Balaban J connectivity index is 2.08. The summed E-state index contributed by atoms with van der Waals surface area (Å²) in [5.74, 6) is 6.10. The normalized spacial score (nSPS) is 23.2. The molecule has 0 aromatic carbocycles. The van der Waals surface area contributed by atoms with E-state index in [1.54, 1.807) is 0 Å². The molecule has 1 fully saturated rings. The summed E-state index contributed by atoms with van der Waals surface area (Å²) in [4.78, 5) is 0. The zero-order chi connectivity index (χ0) is 11.4. The summed E-state index contributed by atoms with van der Waals surface area (Å²) in [6.07, 6.45) is 6.22. The number of nitrogens with two attached hydrogens (primary N) is 1. The summed E-state index contributed by atoms with van der Waals surface area (Å²) in [6.45, 7) is 4.62. The van der Waals surface area contributed by atoms with Gasteiger partial charge >= 0.3 is 0 Å². The van der Waals surface area contributed by atoms with E-state index in [0.29, 0.717) is 5.92 Å². The number of nitrogens with zero attached hydrogens (tertiary/aromatic N) is 2. The van der Waals surface area contributed by atoms with Crippen molar-refractivity contribution in [3.05, 3.63) is 18.0 Å². The SMILES string of the molecule is CCn1cc(C(NN)C2CCCOC2)cn1. The van der Waals surface area contributed by atoms with Gasteiger partial charge in [0.25, 0.3) is 0 Å². The van der Waals surface area contributed by atoms with Crippen LogP contribution in [0.2, 0.25) is 0 Å². The minimum atomic E-state index is 0.153. The van der Waals surface area contributed by atoms with Crippen LogP contribution in [0.25, 0.3) is 0 Å². The predicted octanol–water partition coefficient (Wildman–Crippen LogP) is 0.834. The lowest BCUT2D eigenvalue weighted by molar-refractivity contribution is 0.0390. The van der Waals surface area contributed by atoms with E-state index in [2.05, 4.69) is 23.6 Å². The van der Waals surface area contributed by atoms with Crippen molar-refractivity contribution in [1.82, 2.24) is 15.2 Å². The lowest BCUT2D eigenvalue weighted by Crippen LogP contribution is -2.37. The van der Waals surface area contributed by atoms with Gasteiger partial charge in [-0.25, -0.2) is 0 Å². The molecule has 0 spiro atoms. The fourth-order valence-corrected chi connectivity index (χ4v) is 2.25. The van der Waals surface area contributed by atoms with Crippen molar-refractivity contribution in [3.63, 3.8) is 0 Å². The molecule has 2 unspecified atom stereocenters. The number of aromatic nitrogens is 2. The Morgan fingerprint density at radius 3 is 3.19 bits per heavy atom. The van der Waals surface area contributed by atoms with Crippen LogP contribution < -0.4 is 11.3 Å². The minimum absolute atomic E-state index is 0.153. The maximum absolute atomic E-state index is 5.64. The Hall–Kier alpha value is -0.910. The zero-order valence-corrected chi connectivity index (χ0v) is 9.72. The molecule has 0 amide bonds. The highest BCUT2D eigenvalue weighted by Gasteiger charge is 2.25. The number of rotatable bonds is 4. The van der Waals surface area contributed by atoms with E-state index in [1.807, 2.05) is 10.9 Å². The second kappa shape index (κ2) is 5.43. The topological polar surface area (TPSA) is 65.1 Å². The molecule has 5 nitrogen and oxygen atoms in total. The first-order chi connectivity index (χ1) is 7.85. The third-order valence-electron chi connectivity index (χ3n) is 3.18. The van der Waals surface area contributed by atoms with Gasteiger partial charge in [0, 0.05) is 30.8 Å². The van der Waals surface area contributed by atoms with E-state index in [-0.39, 0.29) is 6.04 Å². The summed E-state index contributed by atoms with van der Waals surface area (Å²) in [5, 5.41) is 4.28. The molecular weight excluding hydrogens is 204 g/mol. The van der Waals surface area contributed by atoms with Gasteiger partial charge in [0.1, 0.15) is 0 Å². The molecule has 0 saturated carbocycles. The maximum Gasteiger partial charge on any atom is 0.0541 e. The lowest BCUT2D eigenvalue weighted by atomic mass is 9.91. The van der Waals surface area contributed by atoms with Crippen LogP contribution in [0.5, 0.6) is 0 Å². The third-order valence-corrected chi connectivity index (χ3v) is 3.18. The average Bonchev–Trinajstić information content (AvgIpc) is 2.80. The van der Waals surface area contributed by atoms with Crippen molar-refractivity contribution in [2.45, 2.75) is 32.4 Å². The second-order valence-electron chi connectivity index (χ2n) is 4.25. The molecule has 90 valence electrons. The van der Waals surface area contributed by atoms with Crippen molar-refractivity contribution >= 4 is 0 Å². The average molecular weight is 224 g/mol. The van der Waals surface area contributed by atoms with Gasteiger partial charge in [0.05, 0.1) is 18.8 Å². The molecule has 2 heterocycles. The number of hydrazine groups is 1. The number of aryl methyl sites for hydroxylation is 1. The van der Waals surface area contributed by atoms with Crippen molar-refractivity contribution in [3.8, 4) is 0 Å². The molecule has 1 aliphatic rings. The van der Waals surface area contributed by atoms with Crippen molar-refractivity contribution < 1.29 is 4.74 Å². The largest absolute Gasteiger partial charge is 0.381 e. The Morgan fingerprint density at radius 1 is 1.75 bits per heavy atom. The van der Waals surface area contributed by atoms with Crippen LogP contribution in [0.3, 0.4) is 0 Å². The quantitative estimate of drug-likeness (QED) is 0.587. The summed E-state index contributed by atoms with van der Waals surface area (Å²) in [5.41, 5.74) is 4.04. The van der Waals surface area contributed by atoms with E-state index in [4.69, 9.17) is 10.6 Å². The van der Waals surface area contributed by atoms with Crippen LogP contribution in [0, 0.1) is 5.92 Å². The number of nitrogens with one attached hydrogen (secondary N) is 1. The van der Waals surface area contributed by atoms with Crippen LogP contribution in [-0.2, 0) is 11.3 Å². The monoisotopic (exact) mass is 224 g/mol. The van der Waals surface area contributed by atoms with E-state index in [1.165, 1.54) is 0 Å². The molecule has 5 heteroatoms. The fraction of sp³-hybridized carbons (Fsp3) is 0.727. The Morgan fingerprint density at radius 2 is 2.62 bits per heavy atom. The molecular formula is C11H20N4O. The summed E-state index contributed by atoms with van der Waals surface area (Å²) < 4.78 is 7.42. The van der Waals surface area contributed by atoms with Crippen molar-refractivity contribution in [1.29, 1.82) is 0 Å². The van der Waals surface area contributed by atoms with Gasteiger partial charge in [0.15, 0.2) is 0 Å². The molecule has 0 aliphatic carbocycles. The third kappa shape index (κ3) is 2.42. The fourth-order valence-electron chi connectivity index (χ4n) is 2.25. The number of ether oxygens (including phenoxy) is 1. The highest BCUT2D eigenvalue weighted by molar-refractivity contribution is 5.11. The van der Waals surface area contributed by atoms with E-state index < -0.39 is 0 Å². The molecule has 3 N–H and O–H groups in total. The van der Waals surface area contributed by atoms with Gasteiger partial charge in [-0.15, -0.1) is 0 Å². The molecule has 0 bridgehead atoms. The molecule has 1 aromatic rings. The molecule has 2 atom stereocenters. The first kappa shape index (κ1) is 11.6. The highest BCUT2D eigenvalue weighted by Crippen LogP contribution is 2.27. The van der Waals surface area contributed by atoms with Crippen LogP contribution >= 0.6 is 0 Å². The molecule has 1 aliphatic heterocycles. The first-order valence-electron chi connectivity index (χ1n) is 5.91. The second-order valence-corrected chi connectivity index (χ2v) is 4.25.